The Morgan fingerprint density at radius 2 is 1.81 bits per heavy atom. The van der Waals surface area contributed by atoms with Crippen molar-refractivity contribution < 1.29 is 9.59 Å². The number of hydrogen-bond donors (Lipinski definition) is 2. The molecule has 16 heavy (non-hydrogen) atoms. The van der Waals surface area contributed by atoms with E-state index >= 15 is 0 Å². The Bertz CT molecular complexity index is 241. The van der Waals surface area contributed by atoms with Crippen LogP contribution in [-0.4, -0.2) is 35.8 Å². The first-order valence-corrected chi connectivity index (χ1v) is 5.69. The molecule has 0 spiro atoms. The lowest BCUT2D eigenvalue weighted by Gasteiger charge is -2.28. The number of carbonyl (C=O) groups excluding carboxylic acids is 2. The van der Waals surface area contributed by atoms with Crippen molar-refractivity contribution in [3.05, 3.63) is 0 Å². The van der Waals surface area contributed by atoms with Crippen molar-refractivity contribution in [1.82, 2.24) is 4.90 Å². The second kappa shape index (κ2) is 7.22. The molecule has 0 aromatic rings. The van der Waals surface area contributed by atoms with Crippen LogP contribution in [-0.2, 0) is 9.59 Å². The zero-order valence-electron chi connectivity index (χ0n) is 10.4. The zero-order chi connectivity index (χ0) is 12.7. The molecule has 1 unspecified atom stereocenters. The monoisotopic (exact) mass is 229 g/mol. The molecule has 0 rings (SSSR count). The molecule has 0 fully saturated rings. The van der Waals surface area contributed by atoms with Gasteiger partial charge in [0.2, 0.25) is 11.8 Å². The van der Waals surface area contributed by atoms with Crippen molar-refractivity contribution in [2.24, 2.45) is 17.4 Å². The van der Waals surface area contributed by atoms with Crippen molar-refractivity contribution in [3.63, 3.8) is 0 Å². The molecule has 0 heterocycles. The number of nitrogens with zero attached hydrogens (tertiary/aromatic N) is 1. The van der Waals surface area contributed by atoms with Crippen molar-refractivity contribution in [3.8, 4) is 0 Å². The van der Waals surface area contributed by atoms with Gasteiger partial charge in [0.25, 0.3) is 0 Å². The molecular formula is C11H23N3O2. The summed E-state index contributed by atoms with van der Waals surface area (Å²) in [6.07, 6.45) is 1.56. The Morgan fingerprint density at radius 3 is 2.19 bits per heavy atom. The molecule has 0 radical (unpaired) electrons. The highest BCUT2D eigenvalue weighted by Crippen LogP contribution is 2.11. The first-order chi connectivity index (χ1) is 7.40. The largest absolute Gasteiger partial charge is 0.368 e. The second-order valence-corrected chi connectivity index (χ2v) is 4.36. The van der Waals surface area contributed by atoms with Crippen LogP contribution in [0.25, 0.3) is 0 Å². The van der Waals surface area contributed by atoms with Crippen LogP contribution in [0.3, 0.4) is 0 Å². The van der Waals surface area contributed by atoms with Gasteiger partial charge in [-0.05, 0) is 33.2 Å². The Balaban J connectivity index is 4.42. The van der Waals surface area contributed by atoms with Crippen LogP contribution in [0, 0.1) is 5.92 Å². The summed E-state index contributed by atoms with van der Waals surface area (Å²) >= 11 is 0. The molecule has 0 bridgehead atoms. The predicted octanol–water partition coefficient (Wildman–Crippen LogP) is 0.0837. The molecule has 0 saturated carbocycles. The van der Waals surface area contributed by atoms with Gasteiger partial charge in [-0.2, -0.15) is 0 Å². The number of amides is 2. The van der Waals surface area contributed by atoms with E-state index in [9.17, 15) is 9.59 Å². The molecule has 0 saturated heterocycles. The summed E-state index contributed by atoms with van der Waals surface area (Å²) in [4.78, 5) is 24.4. The summed E-state index contributed by atoms with van der Waals surface area (Å²) in [7, 11) is 0. The van der Waals surface area contributed by atoms with Gasteiger partial charge in [-0.3, -0.25) is 9.59 Å². The van der Waals surface area contributed by atoms with E-state index in [1.54, 1.807) is 0 Å². The number of rotatable bonds is 7. The van der Waals surface area contributed by atoms with Crippen LogP contribution in [0.1, 0.15) is 33.6 Å². The third kappa shape index (κ3) is 5.11. The minimum Gasteiger partial charge on any atom is -0.368 e. The smallest absolute Gasteiger partial charge is 0.237 e. The fourth-order valence-corrected chi connectivity index (χ4v) is 1.51. The van der Waals surface area contributed by atoms with Crippen LogP contribution in [0.5, 0.6) is 0 Å². The van der Waals surface area contributed by atoms with Gasteiger partial charge in [0, 0.05) is 12.0 Å². The van der Waals surface area contributed by atoms with Gasteiger partial charge >= 0.3 is 0 Å². The lowest BCUT2D eigenvalue weighted by atomic mass is 10.0. The van der Waals surface area contributed by atoms with E-state index in [4.69, 9.17) is 11.5 Å². The van der Waals surface area contributed by atoms with Crippen molar-refractivity contribution in [1.29, 1.82) is 0 Å². The first-order valence-electron chi connectivity index (χ1n) is 5.69. The number of primary amides is 1. The average molecular weight is 229 g/mol. The molecule has 0 aliphatic rings. The van der Waals surface area contributed by atoms with Gasteiger partial charge in [-0.25, -0.2) is 0 Å². The minimum absolute atomic E-state index is 0.0105. The average Bonchev–Trinajstić information content (AvgIpc) is 2.20. The number of hydrogen-bond acceptors (Lipinski definition) is 3. The maximum Gasteiger partial charge on any atom is 0.237 e. The fraction of sp³-hybridized carbons (Fsp3) is 0.818. The summed E-state index contributed by atoms with van der Waals surface area (Å²) in [5.41, 5.74) is 10.5. The molecule has 0 aliphatic heterocycles. The predicted molar refractivity (Wildman–Crippen MR) is 63.5 cm³/mol. The molecular weight excluding hydrogens is 206 g/mol. The van der Waals surface area contributed by atoms with Crippen LogP contribution < -0.4 is 11.5 Å². The van der Waals surface area contributed by atoms with Crippen LogP contribution >= 0.6 is 0 Å². The molecule has 2 amide bonds. The first kappa shape index (κ1) is 14.9. The van der Waals surface area contributed by atoms with Crippen LogP contribution in [0.4, 0.5) is 0 Å². The SMILES string of the molecule is CC(CCCN)C(=O)N(CC(N)=O)C(C)C. The lowest BCUT2D eigenvalue weighted by molar-refractivity contribution is -0.140. The standard InChI is InChI=1S/C11H23N3O2/c1-8(2)14(7-10(13)15)11(16)9(3)5-4-6-12/h8-9H,4-7,12H2,1-3H3,(H2,13,15). The zero-order valence-corrected chi connectivity index (χ0v) is 10.4. The lowest BCUT2D eigenvalue weighted by Crippen LogP contribution is -2.45. The molecule has 1 atom stereocenters. The summed E-state index contributed by atoms with van der Waals surface area (Å²) in [6, 6.07) is -0.0136. The fourth-order valence-electron chi connectivity index (χ4n) is 1.51. The molecule has 0 aromatic carbocycles. The van der Waals surface area contributed by atoms with Gasteiger partial charge in [-0.1, -0.05) is 6.92 Å². The summed E-state index contributed by atoms with van der Waals surface area (Å²) in [5, 5.41) is 0. The van der Waals surface area contributed by atoms with E-state index in [-0.39, 0.29) is 24.4 Å². The van der Waals surface area contributed by atoms with Gasteiger partial charge in [0.1, 0.15) is 0 Å². The second-order valence-electron chi connectivity index (χ2n) is 4.36. The van der Waals surface area contributed by atoms with E-state index in [2.05, 4.69) is 0 Å². The van der Waals surface area contributed by atoms with Gasteiger partial charge in [-0.15, -0.1) is 0 Å². The molecule has 4 N–H and O–H groups in total. The summed E-state index contributed by atoms with van der Waals surface area (Å²) < 4.78 is 0. The van der Waals surface area contributed by atoms with Gasteiger partial charge < -0.3 is 16.4 Å². The number of carbonyl (C=O) groups is 2. The molecule has 0 aromatic heterocycles. The molecule has 5 nitrogen and oxygen atoms in total. The summed E-state index contributed by atoms with van der Waals surface area (Å²) in [5.74, 6) is -0.611. The van der Waals surface area contributed by atoms with E-state index in [0.29, 0.717) is 6.54 Å². The maximum absolute atomic E-state index is 12.0. The van der Waals surface area contributed by atoms with E-state index < -0.39 is 5.91 Å². The maximum atomic E-state index is 12.0. The highest BCUT2D eigenvalue weighted by molar-refractivity contribution is 5.85. The van der Waals surface area contributed by atoms with E-state index in [1.807, 2.05) is 20.8 Å². The van der Waals surface area contributed by atoms with Gasteiger partial charge in [0.05, 0.1) is 6.54 Å². The molecule has 0 aliphatic carbocycles. The Hall–Kier alpha value is -1.10. The van der Waals surface area contributed by atoms with Crippen LogP contribution in [0.2, 0.25) is 0 Å². The topological polar surface area (TPSA) is 89.4 Å². The third-order valence-corrected chi connectivity index (χ3v) is 2.50. The summed E-state index contributed by atoms with van der Waals surface area (Å²) in [6.45, 7) is 6.17. The highest BCUT2D eigenvalue weighted by Gasteiger charge is 2.23. The molecule has 5 heteroatoms. The van der Waals surface area contributed by atoms with E-state index in [0.717, 1.165) is 12.8 Å². The Morgan fingerprint density at radius 1 is 1.25 bits per heavy atom. The Labute approximate surface area is 97.2 Å². The minimum atomic E-state index is -0.479. The molecule has 94 valence electrons. The van der Waals surface area contributed by atoms with Crippen molar-refractivity contribution in [2.75, 3.05) is 13.1 Å². The quantitative estimate of drug-likeness (QED) is 0.648. The highest BCUT2D eigenvalue weighted by atomic mass is 16.2. The van der Waals surface area contributed by atoms with Gasteiger partial charge in [0.15, 0.2) is 0 Å². The number of nitrogens with two attached hydrogens (primary N) is 2. The van der Waals surface area contributed by atoms with Crippen molar-refractivity contribution >= 4 is 11.8 Å². The third-order valence-electron chi connectivity index (χ3n) is 2.50. The Kier molecular flexibility index (Phi) is 6.72. The van der Waals surface area contributed by atoms with Crippen molar-refractivity contribution in [2.45, 2.75) is 39.7 Å². The van der Waals surface area contributed by atoms with E-state index in [1.165, 1.54) is 4.90 Å². The normalized spacial score (nSPS) is 12.6. The van der Waals surface area contributed by atoms with Crippen LogP contribution in [0.15, 0.2) is 0 Å².